The molecule has 154 valence electrons. The summed E-state index contributed by atoms with van der Waals surface area (Å²) in [5, 5.41) is 15.2. The molecule has 4 aromatic rings. The van der Waals surface area contributed by atoms with Crippen LogP contribution < -0.4 is 10.1 Å². The zero-order valence-electron chi connectivity index (χ0n) is 16.8. The predicted octanol–water partition coefficient (Wildman–Crippen LogP) is 5.99. The van der Waals surface area contributed by atoms with E-state index >= 15 is 0 Å². The number of para-hydroxylation sites is 1. The molecule has 2 N–H and O–H groups in total. The number of ether oxygens (including phenoxy) is 1. The Hall–Kier alpha value is -2.70. The molecule has 0 bridgehead atoms. The number of aromatic nitrogens is 2. The van der Waals surface area contributed by atoms with Gasteiger partial charge >= 0.3 is 0 Å². The summed E-state index contributed by atoms with van der Waals surface area (Å²) in [4.78, 5) is 9.12. The summed E-state index contributed by atoms with van der Waals surface area (Å²) in [5.74, 6) is 2.09. The van der Waals surface area contributed by atoms with E-state index in [1.54, 1.807) is 17.5 Å². The molecule has 2 aromatic heterocycles. The molecule has 0 saturated heterocycles. The van der Waals surface area contributed by atoms with Gasteiger partial charge in [-0.3, -0.25) is 4.98 Å². The van der Waals surface area contributed by atoms with Crippen molar-refractivity contribution in [2.45, 2.75) is 38.1 Å². The van der Waals surface area contributed by atoms with Crippen LogP contribution >= 0.6 is 11.3 Å². The Kier molecular flexibility index (Phi) is 5.51. The van der Waals surface area contributed by atoms with Crippen LogP contribution in [0.25, 0.3) is 21.1 Å². The van der Waals surface area contributed by atoms with Gasteiger partial charge in [0.2, 0.25) is 0 Å². The third-order valence-electron chi connectivity index (χ3n) is 5.92. The first-order valence-electron chi connectivity index (χ1n) is 10.6. The third-order valence-corrected chi connectivity index (χ3v) is 6.87. The summed E-state index contributed by atoms with van der Waals surface area (Å²) in [6.07, 6.45) is 7.96. The zero-order valence-corrected chi connectivity index (χ0v) is 17.6. The highest BCUT2D eigenvalue weighted by atomic mass is 32.1. The summed E-state index contributed by atoms with van der Waals surface area (Å²) in [5.41, 5.74) is 1.85. The van der Waals surface area contributed by atoms with Gasteiger partial charge in [-0.05, 0) is 49.1 Å². The molecule has 0 spiro atoms. The number of nitrogens with one attached hydrogen (secondary N) is 1. The number of fused-ring (bicyclic) bond motifs is 2. The van der Waals surface area contributed by atoms with Gasteiger partial charge < -0.3 is 15.2 Å². The minimum Gasteiger partial charge on any atom is -0.457 e. The lowest BCUT2D eigenvalue weighted by atomic mass is 9.84. The normalized spacial score (nSPS) is 16.0. The number of pyridine rings is 1. The molecular formula is C24H25N3O2S. The Balaban J connectivity index is 1.37. The molecule has 6 heteroatoms. The number of hydrogen-bond acceptors (Lipinski definition) is 6. The first kappa shape index (κ1) is 19.3. The molecule has 2 aromatic carbocycles. The molecule has 5 rings (SSSR count). The number of thiazole rings is 1. The number of anilines is 1. The van der Waals surface area contributed by atoms with Crippen LogP contribution in [-0.2, 0) is 0 Å². The first-order chi connectivity index (χ1) is 14.8. The molecule has 1 fully saturated rings. The molecule has 0 radical (unpaired) electrons. The SMILES string of the molecule is OC[C@@H](Nc1nc2ccc(Oc3ccnc4ccccc34)cc2s1)C1CCCCC1. The molecule has 1 aliphatic carbocycles. The van der Waals surface area contributed by atoms with Crippen molar-refractivity contribution in [2.24, 2.45) is 5.92 Å². The number of hydrogen-bond donors (Lipinski definition) is 2. The summed E-state index contributed by atoms with van der Waals surface area (Å²) >= 11 is 1.61. The molecule has 0 unspecified atom stereocenters. The maximum absolute atomic E-state index is 9.90. The fourth-order valence-corrected chi connectivity index (χ4v) is 5.28. The Morgan fingerprint density at radius 3 is 2.80 bits per heavy atom. The van der Waals surface area contributed by atoms with Gasteiger partial charge in [-0.25, -0.2) is 4.98 Å². The zero-order chi connectivity index (χ0) is 20.3. The molecular weight excluding hydrogens is 394 g/mol. The quantitative estimate of drug-likeness (QED) is 0.402. The lowest BCUT2D eigenvalue weighted by Gasteiger charge is -2.29. The van der Waals surface area contributed by atoms with Crippen molar-refractivity contribution in [1.29, 1.82) is 0 Å². The van der Waals surface area contributed by atoms with Crippen LogP contribution in [0.2, 0.25) is 0 Å². The topological polar surface area (TPSA) is 67.3 Å². The van der Waals surface area contributed by atoms with Crippen LogP contribution in [0.15, 0.2) is 54.7 Å². The number of aliphatic hydroxyl groups is 1. The summed E-state index contributed by atoms with van der Waals surface area (Å²) in [7, 11) is 0. The van der Waals surface area contributed by atoms with Crippen molar-refractivity contribution in [2.75, 3.05) is 11.9 Å². The van der Waals surface area contributed by atoms with E-state index < -0.39 is 0 Å². The molecule has 30 heavy (non-hydrogen) atoms. The van der Waals surface area contributed by atoms with Crippen molar-refractivity contribution in [3.63, 3.8) is 0 Å². The largest absolute Gasteiger partial charge is 0.457 e. The second-order valence-electron chi connectivity index (χ2n) is 7.91. The van der Waals surface area contributed by atoms with Gasteiger partial charge in [-0.15, -0.1) is 0 Å². The molecule has 0 amide bonds. The van der Waals surface area contributed by atoms with Crippen molar-refractivity contribution >= 4 is 37.6 Å². The summed E-state index contributed by atoms with van der Waals surface area (Å²) in [6, 6.07) is 15.9. The van der Waals surface area contributed by atoms with E-state index in [-0.39, 0.29) is 12.6 Å². The average Bonchev–Trinajstić information content (AvgIpc) is 3.20. The highest BCUT2D eigenvalue weighted by Crippen LogP contribution is 2.35. The van der Waals surface area contributed by atoms with E-state index in [1.165, 1.54) is 32.1 Å². The van der Waals surface area contributed by atoms with Gasteiger partial charge in [-0.2, -0.15) is 0 Å². The van der Waals surface area contributed by atoms with Crippen molar-refractivity contribution in [3.05, 3.63) is 54.7 Å². The summed E-state index contributed by atoms with van der Waals surface area (Å²) < 4.78 is 7.25. The van der Waals surface area contributed by atoms with E-state index in [4.69, 9.17) is 9.72 Å². The molecule has 1 aliphatic rings. The van der Waals surface area contributed by atoms with Crippen LogP contribution in [0.5, 0.6) is 11.5 Å². The third kappa shape index (κ3) is 3.98. The van der Waals surface area contributed by atoms with E-state index in [9.17, 15) is 5.11 Å². The Morgan fingerprint density at radius 2 is 1.93 bits per heavy atom. The molecule has 2 heterocycles. The maximum atomic E-state index is 9.90. The van der Waals surface area contributed by atoms with Gasteiger partial charge in [0.15, 0.2) is 5.13 Å². The van der Waals surface area contributed by atoms with E-state index in [1.807, 2.05) is 48.5 Å². The van der Waals surface area contributed by atoms with Crippen LogP contribution in [0, 0.1) is 5.92 Å². The van der Waals surface area contributed by atoms with Crippen LogP contribution in [0.1, 0.15) is 32.1 Å². The predicted molar refractivity (Wildman–Crippen MR) is 123 cm³/mol. The molecule has 5 nitrogen and oxygen atoms in total. The average molecular weight is 420 g/mol. The Morgan fingerprint density at radius 1 is 1.07 bits per heavy atom. The van der Waals surface area contributed by atoms with Crippen molar-refractivity contribution < 1.29 is 9.84 Å². The molecule has 0 aliphatic heterocycles. The van der Waals surface area contributed by atoms with E-state index in [2.05, 4.69) is 10.3 Å². The van der Waals surface area contributed by atoms with E-state index in [0.29, 0.717) is 5.92 Å². The van der Waals surface area contributed by atoms with Gasteiger partial charge in [0.1, 0.15) is 11.5 Å². The van der Waals surface area contributed by atoms with Crippen molar-refractivity contribution in [1.82, 2.24) is 9.97 Å². The smallest absolute Gasteiger partial charge is 0.184 e. The number of nitrogens with zero attached hydrogens (tertiary/aromatic N) is 2. The first-order valence-corrected chi connectivity index (χ1v) is 11.4. The Bertz CT molecular complexity index is 1150. The maximum Gasteiger partial charge on any atom is 0.184 e. The fraction of sp³-hybridized carbons (Fsp3) is 0.333. The molecule has 1 saturated carbocycles. The lowest BCUT2D eigenvalue weighted by Crippen LogP contribution is -2.33. The van der Waals surface area contributed by atoms with Gasteiger partial charge in [0.05, 0.1) is 28.4 Å². The standard InChI is InChI=1S/C24H25N3O2S/c28-15-21(16-6-2-1-3-7-16)27-24-26-20-11-10-17(14-23(20)30-24)29-22-12-13-25-19-9-5-4-8-18(19)22/h4-5,8-14,16,21,28H,1-3,6-7,15H2,(H,26,27)/t21-/m1/s1. The molecule has 1 atom stereocenters. The van der Waals surface area contributed by atoms with Crippen molar-refractivity contribution in [3.8, 4) is 11.5 Å². The van der Waals surface area contributed by atoms with Crippen LogP contribution in [-0.4, -0.2) is 27.7 Å². The van der Waals surface area contributed by atoms with E-state index in [0.717, 1.165) is 37.8 Å². The van der Waals surface area contributed by atoms with Gasteiger partial charge in [0, 0.05) is 17.6 Å². The second-order valence-corrected chi connectivity index (χ2v) is 8.94. The van der Waals surface area contributed by atoms with Crippen LogP contribution in [0.4, 0.5) is 5.13 Å². The van der Waals surface area contributed by atoms with Gasteiger partial charge in [0.25, 0.3) is 0 Å². The highest BCUT2D eigenvalue weighted by molar-refractivity contribution is 7.22. The fourth-order valence-electron chi connectivity index (χ4n) is 4.32. The van der Waals surface area contributed by atoms with Gasteiger partial charge in [-0.1, -0.05) is 42.7 Å². The second kappa shape index (κ2) is 8.58. The number of benzene rings is 2. The van der Waals surface area contributed by atoms with Crippen LogP contribution in [0.3, 0.4) is 0 Å². The number of aliphatic hydroxyl groups excluding tert-OH is 1. The highest BCUT2D eigenvalue weighted by Gasteiger charge is 2.24. The summed E-state index contributed by atoms with van der Waals surface area (Å²) in [6.45, 7) is 0.143. The lowest BCUT2D eigenvalue weighted by molar-refractivity contribution is 0.209. The monoisotopic (exact) mass is 419 g/mol. The number of rotatable bonds is 6. The minimum absolute atomic E-state index is 0.0739. The Labute approximate surface area is 179 Å². The minimum atomic E-state index is 0.0739.